The van der Waals surface area contributed by atoms with Crippen LogP contribution in [0.3, 0.4) is 0 Å². The molecule has 0 aromatic carbocycles. The van der Waals surface area contributed by atoms with Crippen molar-refractivity contribution in [2.75, 3.05) is 0 Å². The molecule has 0 fully saturated rings. The van der Waals surface area contributed by atoms with Gasteiger partial charge < -0.3 is 5.73 Å². The zero-order valence-corrected chi connectivity index (χ0v) is 10.5. The van der Waals surface area contributed by atoms with Gasteiger partial charge in [-0.3, -0.25) is 4.98 Å². The minimum absolute atomic E-state index is 0.144. The third-order valence-corrected chi connectivity index (χ3v) is 3.72. The van der Waals surface area contributed by atoms with Crippen molar-refractivity contribution < 1.29 is 0 Å². The standard InChI is InChI=1S/C13H18N2S/c1-2-3-4-5-11(14)10-8-13-12(15-9-10)6-7-16-13/h6-9,11H,2-5,14H2,1H3. The van der Waals surface area contributed by atoms with E-state index in [1.54, 1.807) is 11.3 Å². The molecule has 2 heterocycles. The molecule has 0 saturated heterocycles. The van der Waals surface area contributed by atoms with Crippen LogP contribution in [0.15, 0.2) is 23.7 Å². The van der Waals surface area contributed by atoms with Gasteiger partial charge in [0.2, 0.25) is 0 Å². The van der Waals surface area contributed by atoms with Gasteiger partial charge in [0, 0.05) is 12.2 Å². The highest BCUT2D eigenvalue weighted by molar-refractivity contribution is 7.17. The lowest BCUT2D eigenvalue weighted by molar-refractivity contribution is 0.580. The fraction of sp³-hybridized carbons (Fsp3) is 0.462. The van der Waals surface area contributed by atoms with Crippen molar-refractivity contribution in [2.45, 2.75) is 38.6 Å². The average Bonchev–Trinajstić information content (AvgIpc) is 2.76. The van der Waals surface area contributed by atoms with Crippen LogP contribution in [0.4, 0.5) is 0 Å². The first-order chi connectivity index (χ1) is 7.81. The van der Waals surface area contributed by atoms with E-state index in [9.17, 15) is 0 Å². The number of hydrogen-bond donors (Lipinski definition) is 1. The Labute approximate surface area is 101 Å². The molecule has 2 nitrogen and oxygen atoms in total. The highest BCUT2D eigenvalue weighted by atomic mass is 32.1. The fourth-order valence-electron chi connectivity index (χ4n) is 1.85. The molecule has 2 aromatic heterocycles. The Morgan fingerprint density at radius 1 is 1.44 bits per heavy atom. The minimum atomic E-state index is 0.144. The molecule has 16 heavy (non-hydrogen) atoms. The van der Waals surface area contributed by atoms with Crippen LogP contribution in [0.1, 0.15) is 44.2 Å². The van der Waals surface area contributed by atoms with Gasteiger partial charge in [-0.1, -0.05) is 26.2 Å². The number of rotatable bonds is 5. The second-order valence-electron chi connectivity index (χ2n) is 4.17. The van der Waals surface area contributed by atoms with Crippen LogP contribution in [0.5, 0.6) is 0 Å². The van der Waals surface area contributed by atoms with Gasteiger partial charge in [0.15, 0.2) is 0 Å². The van der Waals surface area contributed by atoms with E-state index >= 15 is 0 Å². The number of fused-ring (bicyclic) bond motifs is 1. The third-order valence-electron chi connectivity index (χ3n) is 2.87. The largest absolute Gasteiger partial charge is 0.324 e. The van der Waals surface area contributed by atoms with Crippen molar-refractivity contribution in [2.24, 2.45) is 5.73 Å². The van der Waals surface area contributed by atoms with Crippen LogP contribution < -0.4 is 5.73 Å². The van der Waals surface area contributed by atoms with E-state index < -0.39 is 0 Å². The lowest BCUT2D eigenvalue weighted by Crippen LogP contribution is -2.10. The lowest BCUT2D eigenvalue weighted by Gasteiger charge is -2.11. The number of nitrogens with zero attached hydrogens (tertiary/aromatic N) is 1. The van der Waals surface area contributed by atoms with Crippen molar-refractivity contribution in [1.82, 2.24) is 4.98 Å². The molecule has 1 atom stereocenters. The van der Waals surface area contributed by atoms with Crippen LogP contribution in [-0.2, 0) is 0 Å². The van der Waals surface area contributed by atoms with E-state index in [0.29, 0.717) is 0 Å². The molecule has 86 valence electrons. The molecule has 0 aliphatic rings. The van der Waals surface area contributed by atoms with Crippen molar-refractivity contribution in [1.29, 1.82) is 0 Å². The summed E-state index contributed by atoms with van der Waals surface area (Å²) in [4.78, 5) is 4.42. The molecule has 0 aliphatic heterocycles. The molecule has 0 spiro atoms. The fourth-order valence-corrected chi connectivity index (χ4v) is 2.63. The predicted molar refractivity (Wildman–Crippen MR) is 70.7 cm³/mol. The Balaban J connectivity index is 2.07. The molecule has 2 rings (SSSR count). The summed E-state index contributed by atoms with van der Waals surface area (Å²) in [5.74, 6) is 0. The van der Waals surface area contributed by atoms with Crippen molar-refractivity contribution >= 4 is 21.6 Å². The third kappa shape index (κ3) is 2.60. The second kappa shape index (κ2) is 5.41. The van der Waals surface area contributed by atoms with Gasteiger partial charge in [-0.15, -0.1) is 11.3 Å². The van der Waals surface area contributed by atoms with Gasteiger partial charge in [-0.2, -0.15) is 0 Å². The Kier molecular flexibility index (Phi) is 3.91. The Hall–Kier alpha value is -0.930. The summed E-state index contributed by atoms with van der Waals surface area (Å²) in [6.07, 6.45) is 6.70. The van der Waals surface area contributed by atoms with E-state index in [-0.39, 0.29) is 6.04 Å². The van der Waals surface area contributed by atoms with Crippen molar-refractivity contribution in [3.05, 3.63) is 29.3 Å². The summed E-state index contributed by atoms with van der Waals surface area (Å²) in [6.45, 7) is 2.21. The quantitative estimate of drug-likeness (QED) is 0.797. The molecule has 0 radical (unpaired) electrons. The zero-order valence-electron chi connectivity index (χ0n) is 9.65. The van der Waals surface area contributed by atoms with E-state index in [2.05, 4.69) is 23.4 Å². The van der Waals surface area contributed by atoms with Gasteiger partial charge in [-0.05, 0) is 29.5 Å². The number of pyridine rings is 1. The molecule has 1 unspecified atom stereocenters. The SMILES string of the molecule is CCCCCC(N)c1cnc2ccsc2c1. The zero-order chi connectivity index (χ0) is 11.4. The van der Waals surface area contributed by atoms with Crippen molar-refractivity contribution in [3.8, 4) is 0 Å². The summed E-state index contributed by atoms with van der Waals surface area (Å²) >= 11 is 1.73. The number of nitrogens with two attached hydrogens (primary N) is 1. The van der Waals surface area contributed by atoms with Crippen LogP contribution >= 0.6 is 11.3 Å². The summed E-state index contributed by atoms with van der Waals surface area (Å²) in [7, 11) is 0. The summed E-state index contributed by atoms with van der Waals surface area (Å²) in [5, 5.41) is 2.07. The smallest absolute Gasteiger partial charge is 0.0809 e. The molecule has 2 aromatic rings. The molecule has 3 heteroatoms. The van der Waals surface area contributed by atoms with Crippen LogP contribution in [-0.4, -0.2) is 4.98 Å². The Morgan fingerprint density at radius 3 is 3.12 bits per heavy atom. The van der Waals surface area contributed by atoms with Crippen LogP contribution in [0.25, 0.3) is 10.2 Å². The first kappa shape index (κ1) is 11.6. The van der Waals surface area contributed by atoms with Crippen molar-refractivity contribution in [3.63, 3.8) is 0 Å². The number of thiophene rings is 1. The second-order valence-corrected chi connectivity index (χ2v) is 5.12. The first-order valence-corrected chi connectivity index (χ1v) is 6.78. The predicted octanol–water partition coefficient (Wildman–Crippen LogP) is 3.88. The van der Waals surface area contributed by atoms with Gasteiger partial charge in [-0.25, -0.2) is 0 Å². The molecule has 0 bridgehead atoms. The number of aromatic nitrogens is 1. The highest BCUT2D eigenvalue weighted by Gasteiger charge is 2.07. The van der Waals surface area contributed by atoms with E-state index in [0.717, 1.165) is 11.9 Å². The maximum atomic E-state index is 6.16. The lowest BCUT2D eigenvalue weighted by atomic mass is 10.0. The Morgan fingerprint density at radius 2 is 2.31 bits per heavy atom. The van der Waals surface area contributed by atoms with E-state index in [1.165, 1.54) is 29.5 Å². The Bertz CT molecular complexity index is 450. The van der Waals surface area contributed by atoms with Gasteiger partial charge in [0.05, 0.1) is 10.2 Å². The van der Waals surface area contributed by atoms with Gasteiger partial charge in [0.25, 0.3) is 0 Å². The summed E-state index contributed by atoms with van der Waals surface area (Å²) in [6, 6.07) is 4.38. The molecule has 2 N–H and O–H groups in total. The highest BCUT2D eigenvalue weighted by Crippen LogP contribution is 2.24. The normalized spacial score (nSPS) is 13.1. The average molecular weight is 234 g/mol. The monoisotopic (exact) mass is 234 g/mol. The van der Waals surface area contributed by atoms with E-state index in [1.807, 2.05) is 12.3 Å². The molecular weight excluding hydrogens is 216 g/mol. The minimum Gasteiger partial charge on any atom is -0.324 e. The van der Waals surface area contributed by atoms with E-state index in [4.69, 9.17) is 5.73 Å². The molecule has 0 aliphatic carbocycles. The van der Waals surface area contributed by atoms with Crippen LogP contribution in [0, 0.1) is 0 Å². The van der Waals surface area contributed by atoms with Gasteiger partial charge >= 0.3 is 0 Å². The maximum absolute atomic E-state index is 6.16. The summed E-state index contributed by atoms with van der Waals surface area (Å²) in [5.41, 5.74) is 8.41. The number of hydrogen-bond acceptors (Lipinski definition) is 3. The molecule has 0 saturated carbocycles. The molecular formula is C13H18N2S. The number of unbranched alkanes of at least 4 members (excludes halogenated alkanes) is 2. The topological polar surface area (TPSA) is 38.9 Å². The maximum Gasteiger partial charge on any atom is 0.0809 e. The molecule has 0 amide bonds. The van der Waals surface area contributed by atoms with Gasteiger partial charge in [0.1, 0.15) is 0 Å². The summed E-state index contributed by atoms with van der Waals surface area (Å²) < 4.78 is 1.24. The first-order valence-electron chi connectivity index (χ1n) is 5.90. The van der Waals surface area contributed by atoms with Crippen LogP contribution in [0.2, 0.25) is 0 Å².